The second kappa shape index (κ2) is 8.54. The van der Waals surface area contributed by atoms with Crippen molar-refractivity contribution in [3.63, 3.8) is 0 Å². The minimum absolute atomic E-state index is 0.00753. The van der Waals surface area contributed by atoms with Crippen LogP contribution in [0.3, 0.4) is 0 Å². The Hall–Kier alpha value is -0.0800. The maximum atomic E-state index is 10.7. The molecule has 4 aliphatic rings. The van der Waals surface area contributed by atoms with E-state index in [9.17, 15) is 10.2 Å². The summed E-state index contributed by atoms with van der Waals surface area (Å²) in [6.45, 7) is 16.4. The minimum atomic E-state index is -0.422. The van der Waals surface area contributed by atoms with Gasteiger partial charge in [-0.2, -0.15) is 0 Å². The summed E-state index contributed by atoms with van der Waals surface area (Å²) in [6, 6.07) is 0. The smallest absolute Gasteiger partial charge is 0.0622 e. The van der Waals surface area contributed by atoms with Gasteiger partial charge >= 0.3 is 0 Å². The Kier molecular flexibility index (Phi) is 6.68. The summed E-state index contributed by atoms with van der Waals surface area (Å²) in [6.07, 6.45) is 15.0. The topological polar surface area (TPSA) is 40.5 Å². The Morgan fingerprint density at radius 1 is 0.844 bits per heavy atom. The van der Waals surface area contributed by atoms with Crippen molar-refractivity contribution in [1.29, 1.82) is 0 Å². The summed E-state index contributed by atoms with van der Waals surface area (Å²) < 4.78 is 0. The fourth-order valence-electron chi connectivity index (χ4n) is 9.67. The van der Waals surface area contributed by atoms with E-state index in [2.05, 4.69) is 48.5 Å². The predicted molar refractivity (Wildman–Crippen MR) is 134 cm³/mol. The Morgan fingerprint density at radius 2 is 1.53 bits per heavy atom. The zero-order valence-electron chi connectivity index (χ0n) is 22.4. The van der Waals surface area contributed by atoms with Crippen molar-refractivity contribution in [1.82, 2.24) is 0 Å². The molecule has 0 unspecified atom stereocenters. The summed E-state index contributed by atoms with van der Waals surface area (Å²) in [7, 11) is 0. The van der Waals surface area contributed by atoms with E-state index in [1.807, 2.05) is 0 Å². The molecule has 0 bridgehead atoms. The molecule has 0 aromatic rings. The van der Waals surface area contributed by atoms with Gasteiger partial charge in [-0.15, -0.1) is 0 Å². The third-order valence-electron chi connectivity index (χ3n) is 11.9. The van der Waals surface area contributed by atoms with Gasteiger partial charge in [0.25, 0.3) is 0 Å². The fourth-order valence-corrected chi connectivity index (χ4v) is 9.67. The highest BCUT2D eigenvalue weighted by molar-refractivity contribution is 5.10. The lowest BCUT2D eigenvalue weighted by molar-refractivity contribution is -0.148. The van der Waals surface area contributed by atoms with Crippen LogP contribution in [-0.2, 0) is 0 Å². The highest BCUT2D eigenvalue weighted by Gasteiger charge is 2.61. The molecule has 2 nitrogen and oxygen atoms in total. The largest absolute Gasteiger partial charge is 0.393 e. The first-order valence-corrected chi connectivity index (χ1v) is 14.2. The average Bonchev–Trinajstić information content (AvgIpc) is 3.05. The van der Waals surface area contributed by atoms with Crippen molar-refractivity contribution >= 4 is 0 Å². The van der Waals surface area contributed by atoms with Crippen LogP contribution >= 0.6 is 0 Å². The highest BCUT2D eigenvalue weighted by atomic mass is 16.3. The zero-order valence-corrected chi connectivity index (χ0v) is 22.4. The van der Waals surface area contributed by atoms with Gasteiger partial charge in [0.2, 0.25) is 0 Å². The highest BCUT2D eigenvalue weighted by Crippen LogP contribution is 2.68. The SMILES string of the molecule is C[C@H](CCC[C@H](O)C(C)(C)C)[C@H]1CC[C@H]2[C@@H]3CC[C@H]4C[C@@](C)(O)CC[C@]4(C)[C@H]3CC[C@]12C. The van der Waals surface area contributed by atoms with Gasteiger partial charge in [-0.25, -0.2) is 0 Å². The van der Waals surface area contributed by atoms with Crippen LogP contribution in [0.4, 0.5) is 0 Å². The maximum absolute atomic E-state index is 10.7. The Morgan fingerprint density at radius 3 is 2.22 bits per heavy atom. The number of hydrogen-bond donors (Lipinski definition) is 2. The first kappa shape index (κ1) is 25.0. The molecule has 4 rings (SSSR count). The second-order valence-electron chi connectivity index (χ2n) is 14.9. The number of rotatable bonds is 5. The number of fused-ring (bicyclic) bond motifs is 5. The van der Waals surface area contributed by atoms with E-state index in [-0.39, 0.29) is 11.5 Å². The number of aliphatic hydroxyl groups excluding tert-OH is 1. The van der Waals surface area contributed by atoms with Gasteiger partial charge in [-0.3, -0.25) is 0 Å². The Labute approximate surface area is 199 Å². The molecule has 10 atom stereocenters. The van der Waals surface area contributed by atoms with Crippen molar-refractivity contribution in [2.75, 3.05) is 0 Å². The van der Waals surface area contributed by atoms with E-state index in [0.717, 1.165) is 54.8 Å². The molecule has 0 heterocycles. The molecular formula is C30H54O2. The van der Waals surface area contributed by atoms with E-state index >= 15 is 0 Å². The third-order valence-corrected chi connectivity index (χ3v) is 11.9. The summed E-state index contributed by atoms with van der Waals surface area (Å²) >= 11 is 0. The first-order chi connectivity index (χ1) is 14.8. The molecule has 186 valence electrons. The van der Waals surface area contributed by atoms with Crippen LogP contribution < -0.4 is 0 Å². The molecule has 0 aromatic heterocycles. The average molecular weight is 447 g/mol. The van der Waals surface area contributed by atoms with Crippen molar-refractivity contribution in [2.24, 2.45) is 51.8 Å². The molecule has 4 fully saturated rings. The van der Waals surface area contributed by atoms with Crippen LogP contribution in [0.1, 0.15) is 126 Å². The molecule has 2 heteroatoms. The first-order valence-electron chi connectivity index (χ1n) is 14.2. The fraction of sp³-hybridized carbons (Fsp3) is 1.00. The molecule has 0 amide bonds. The van der Waals surface area contributed by atoms with Crippen molar-refractivity contribution < 1.29 is 10.2 Å². The molecule has 2 N–H and O–H groups in total. The van der Waals surface area contributed by atoms with E-state index in [4.69, 9.17) is 0 Å². The van der Waals surface area contributed by atoms with Crippen LogP contribution in [0.25, 0.3) is 0 Å². The lowest BCUT2D eigenvalue weighted by Gasteiger charge is -2.62. The summed E-state index contributed by atoms with van der Waals surface area (Å²) in [4.78, 5) is 0. The zero-order chi connectivity index (χ0) is 23.5. The van der Waals surface area contributed by atoms with Gasteiger partial charge < -0.3 is 10.2 Å². The molecule has 0 aliphatic heterocycles. The van der Waals surface area contributed by atoms with Gasteiger partial charge in [-0.1, -0.05) is 54.4 Å². The predicted octanol–water partition coefficient (Wildman–Crippen LogP) is 7.61. The molecular weight excluding hydrogens is 392 g/mol. The monoisotopic (exact) mass is 446 g/mol. The van der Waals surface area contributed by atoms with Crippen LogP contribution in [0.5, 0.6) is 0 Å². The standard InChI is InChI=1S/C30H54O2/c1-20(9-8-10-26(31)27(2,3)4)23-13-14-24-22-12-11-21-19-28(5,32)17-18-29(21,6)25(22)15-16-30(23,24)7/h20-26,31-32H,8-19H2,1-7H3/t20-,21+,22+,23-,24+,25+,26+,28+,29+,30-/m1/s1. The van der Waals surface area contributed by atoms with E-state index in [0.29, 0.717) is 10.8 Å². The third kappa shape index (κ3) is 4.34. The lowest BCUT2D eigenvalue weighted by Crippen LogP contribution is -2.55. The minimum Gasteiger partial charge on any atom is -0.393 e. The molecule has 0 radical (unpaired) electrons. The van der Waals surface area contributed by atoms with E-state index < -0.39 is 5.60 Å². The second-order valence-corrected chi connectivity index (χ2v) is 14.9. The van der Waals surface area contributed by atoms with Gasteiger partial charge in [0.15, 0.2) is 0 Å². The van der Waals surface area contributed by atoms with Crippen LogP contribution in [0.15, 0.2) is 0 Å². The summed E-state index contributed by atoms with van der Waals surface area (Å²) in [5, 5.41) is 21.2. The normalized spacial score (nSPS) is 48.5. The summed E-state index contributed by atoms with van der Waals surface area (Å²) in [5.41, 5.74) is 0.591. The van der Waals surface area contributed by atoms with Gasteiger partial charge in [0.05, 0.1) is 11.7 Å². The Bertz CT molecular complexity index is 662. The van der Waals surface area contributed by atoms with Crippen molar-refractivity contribution in [3.8, 4) is 0 Å². The molecule has 0 aromatic carbocycles. The molecule has 0 saturated heterocycles. The Balaban J connectivity index is 1.41. The van der Waals surface area contributed by atoms with Crippen LogP contribution in [0.2, 0.25) is 0 Å². The molecule has 4 saturated carbocycles. The molecule has 0 spiro atoms. The molecule has 4 aliphatic carbocycles. The van der Waals surface area contributed by atoms with Gasteiger partial charge in [-0.05, 0) is 123 Å². The maximum Gasteiger partial charge on any atom is 0.0622 e. The van der Waals surface area contributed by atoms with E-state index in [1.165, 1.54) is 57.8 Å². The number of hydrogen-bond acceptors (Lipinski definition) is 2. The van der Waals surface area contributed by atoms with E-state index in [1.54, 1.807) is 0 Å². The van der Waals surface area contributed by atoms with Crippen molar-refractivity contribution in [3.05, 3.63) is 0 Å². The van der Waals surface area contributed by atoms with Gasteiger partial charge in [0.1, 0.15) is 0 Å². The summed E-state index contributed by atoms with van der Waals surface area (Å²) in [5.74, 6) is 5.14. The van der Waals surface area contributed by atoms with Gasteiger partial charge in [0, 0.05) is 0 Å². The van der Waals surface area contributed by atoms with Crippen LogP contribution in [-0.4, -0.2) is 21.9 Å². The van der Waals surface area contributed by atoms with Crippen LogP contribution in [0, 0.1) is 51.8 Å². The quantitative estimate of drug-likeness (QED) is 0.456. The molecule has 32 heavy (non-hydrogen) atoms. The lowest BCUT2D eigenvalue weighted by atomic mass is 9.43. The van der Waals surface area contributed by atoms with Crippen molar-refractivity contribution in [2.45, 2.75) is 137 Å². The number of aliphatic hydroxyl groups is 2.